The van der Waals surface area contributed by atoms with E-state index in [1.807, 2.05) is 11.8 Å². The molecular weight excluding hydrogens is 428 g/mol. The summed E-state index contributed by atoms with van der Waals surface area (Å²) >= 11 is 2.01. The minimum atomic E-state index is -2.44. The molecule has 0 saturated carbocycles. The second-order valence-corrected chi connectivity index (χ2v) is 13.7. The molecular formula is C18H38N2O6SSi2. The van der Waals surface area contributed by atoms with E-state index in [1.54, 1.807) is 0 Å². The van der Waals surface area contributed by atoms with E-state index < -0.39 is 18.1 Å². The predicted molar refractivity (Wildman–Crippen MR) is 119 cm³/mol. The molecule has 0 aromatic rings. The predicted octanol–water partition coefficient (Wildman–Crippen LogP) is 0.379. The monoisotopic (exact) mass is 466 g/mol. The van der Waals surface area contributed by atoms with E-state index in [4.69, 9.17) is 27.2 Å². The number of nitrogens with zero attached hydrogens (tertiary/aromatic N) is 2. The Morgan fingerprint density at radius 2 is 1.45 bits per heavy atom. The highest BCUT2D eigenvalue weighted by Gasteiger charge is 2.43. The molecule has 4 heterocycles. The van der Waals surface area contributed by atoms with Gasteiger partial charge in [0, 0.05) is 58.5 Å². The van der Waals surface area contributed by atoms with E-state index >= 15 is 0 Å². The number of hydrogen-bond acceptors (Lipinski definition) is 9. The Kier molecular flexibility index (Phi) is 11.5. The van der Waals surface area contributed by atoms with Gasteiger partial charge < -0.3 is 27.2 Å². The Hall–Kier alpha value is 0.464. The van der Waals surface area contributed by atoms with Crippen molar-refractivity contribution in [3.05, 3.63) is 0 Å². The van der Waals surface area contributed by atoms with E-state index in [0.29, 0.717) is 6.54 Å². The topological polar surface area (TPSA) is 72.9 Å². The lowest BCUT2D eigenvalue weighted by molar-refractivity contribution is -0.00828. The Bertz CT molecular complexity index is 420. The van der Waals surface area contributed by atoms with Crippen LogP contribution in [0.15, 0.2) is 0 Å². The summed E-state index contributed by atoms with van der Waals surface area (Å²) in [5.74, 6) is 2.28. The highest BCUT2D eigenvalue weighted by Crippen LogP contribution is 2.23. The first-order valence-electron chi connectivity index (χ1n) is 11.1. The van der Waals surface area contributed by atoms with E-state index in [1.165, 1.54) is 0 Å². The van der Waals surface area contributed by atoms with E-state index in [0.717, 1.165) is 102 Å². The van der Waals surface area contributed by atoms with E-state index in [9.17, 15) is 0 Å². The Balaban J connectivity index is 1.23. The van der Waals surface area contributed by atoms with Gasteiger partial charge in [0.2, 0.25) is 0 Å². The number of thioether (sulfide) groups is 1. The van der Waals surface area contributed by atoms with Gasteiger partial charge in [-0.05, 0) is 30.4 Å². The van der Waals surface area contributed by atoms with Crippen LogP contribution in [0.5, 0.6) is 0 Å². The molecule has 0 aliphatic carbocycles. The Morgan fingerprint density at radius 1 is 0.828 bits per heavy atom. The summed E-state index contributed by atoms with van der Waals surface area (Å²) in [6, 6.07) is 2.02. The molecule has 4 saturated heterocycles. The first-order chi connectivity index (χ1) is 14.3. The van der Waals surface area contributed by atoms with Crippen LogP contribution in [0.25, 0.3) is 0 Å². The third kappa shape index (κ3) is 8.85. The van der Waals surface area contributed by atoms with Crippen molar-refractivity contribution in [1.29, 1.82) is 0 Å². The lowest BCUT2D eigenvalue weighted by Gasteiger charge is -2.38. The molecule has 11 heteroatoms. The largest absolute Gasteiger partial charge is 0.501 e. The molecule has 4 rings (SSSR count). The number of β-amino-alcohol motifs (C(OH)–C–C–N with tert-alkyl or cyclic N) is 1. The van der Waals surface area contributed by atoms with Gasteiger partial charge in [0.25, 0.3) is 0 Å². The molecule has 1 N–H and O–H groups in total. The molecule has 4 aliphatic rings. The number of fused-ring (bicyclic) bond motifs is 6. The second kappa shape index (κ2) is 13.8. The van der Waals surface area contributed by atoms with Crippen molar-refractivity contribution in [2.75, 3.05) is 90.4 Å². The van der Waals surface area contributed by atoms with Crippen LogP contribution in [0.3, 0.4) is 0 Å². The van der Waals surface area contributed by atoms with Gasteiger partial charge in [-0.15, -0.1) is 0 Å². The zero-order chi connectivity index (χ0) is 20.2. The van der Waals surface area contributed by atoms with Gasteiger partial charge in [-0.25, -0.2) is 0 Å². The zero-order valence-corrected chi connectivity index (χ0v) is 20.6. The standard InChI is InChI=1S/C18H38N2O6SSi2/c21-9-3-19-4-10-22-28(23-11-5-19)17-1-15-27-16-2-18-29-24-12-6-20(7-13-25-29)8-14-26-29/h21,28H,1-18H2. The summed E-state index contributed by atoms with van der Waals surface area (Å²) in [7, 11) is -3.95. The fourth-order valence-electron chi connectivity index (χ4n) is 3.83. The van der Waals surface area contributed by atoms with Gasteiger partial charge in [0.05, 0.1) is 26.4 Å². The maximum Gasteiger partial charge on any atom is 0.501 e. The minimum absolute atomic E-state index is 0.199. The van der Waals surface area contributed by atoms with Gasteiger partial charge in [-0.3, -0.25) is 9.80 Å². The molecule has 4 aliphatic heterocycles. The third-order valence-electron chi connectivity index (χ3n) is 5.53. The fourth-order valence-corrected chi connectivity index (χ4v) is 9.51. The molecule has 0 radical (unpaired) electrons. The number of aliphatic hydroxyl groups is 1. The summed E-state index contributed by atoms with van der Waals surface area (Å²) < 4.78 is 30.2. The molecule has 0 aromatic carbocycles. The molecule has 0 amide bonds. The van der Waals surface area contributed by atoms with Crippen molar-refractivity contribution in [1.82, 2.24) is 9.80 Å². The molecule has 0 unspecified atom stereocenters. The average Bonchev–Trinajstić information content (AvgIpc) is 2.64. The molecule has 0 atom stereocenters. The van der Waals surface area contributed by atoms with Gasteiger partial charge >= 0.3 is 18.1 Å². The van der Waals surface area contributed by atoms with E-state index in [2.05, 4.69) is 9.80 Å². The highest BCUT2D eigenvalue weighted by molar-refractivity contribution is 7.99. The van der Waals surface area contributed by atoms with Crippen LogP contribution in [-0.2, 0) is 22.1 Å². The zero-order valence-electron chi connectivity index (χ0n) is 17.6. The first kappa shape index (κ1) is 24.1. The molecule has 29 heavy (non-hydrogen) atoms. The summed E-state index contributed by atoms with van der Waals surface area (Å²) in [4.78, 5) is 4.55. The van der Waals surface area contributed by atoms with Gasteiger partial charge in [-0.2, -0.15) is 11.8 Å². The Morgan fingerprint density at radius 3 is 2.07 bits per heavy atom. The highest BCUT2D eigenvalue weighted by atomic mass is 32.2. The smallest absolute Gasteiger partial charge is 0.395 e. The maximum absolute atomic E-state index is 9.04. The van der Waals surface area contributed by atoms with Crippen LogP contribution in [-0.4, -0.2) is 123 Å². The van der Waals surface area contributed by atoms with Crippen molar-refractivity contribution < 1.29 is 27.2 Å². The molecule has 4 fully saturated rings. The number of hydrogen-bond donors (Lipinski definition) is 1. The fraction of sp³-hybridized carbons (Fsp3) is 1.00. The summed E-state index contributed by atoms with van der Waals surface area (Å²) in [6.07, 6.45) is 2.25. The van der Waals surface area contributed by atoms with Crippen molar-refractivity contribution in [2.45, 2.75) is 24.9 Å². The normalized spacial score (nSPS) is 30.3. The molecule has 2 bridgehead atoms. The lowest BCUT2D eigenvalue weighted by atomic mass is 10.4. The van der Waals surface area contributed by atoms with Crippen molar-refractivity contribution in [3.8, 4) is 0 Å². The molecule has 170 valence electrons. The molecule has 8 nitrogen and oxygen atoms in total. The van der Waals surface area contributed by atoms with Gasteiger partial charge in [-0.1, -0.05) is 0 Å². The van der Waals surface area contributed by atoms with Crippen molar-refractivity contribution in [2.24, 2.45) is 0 Å². The van der Waals surface area contributed by atoms with Crippen LogP contribution in [0, 0.1) is 0 Å². The summed E-state index contributed by atoms with van der Waals surface area (Å²) in [5.41, 5.74) is 0. The average molecular weight is 467 g/mol. The van der Waals surface area contributed by atoms with E-state index in [-0.39, 0.29) is 6.61 Å². The molecule has 0 aromatic heterocycles. The SMILES string of the molecule is OCCN1CCO[SiH](CCCSCCC[Si]23OCCN(CCO2)CCO3)OCC1. The number of rotatable bonds is 10. The Labute approximate surface area is 182 Å². The van der Waals surface area contributed by atoms with Crippen LogP contribution >= 0.6 is 11.8 Å². The van der Waals surface area contributed by atoms with Crippen LogP contribution in [0.2, 0.25) is 12.1 Å². The van der Waals surface area contributed by atoms with Crippen molar-refractivity contribution in [3.63, 3.8) is 0 Å². The number of aliphatic hydroxyl groups excluding tert-OH is 1. The van der Waals surface area contributed by atoms with Gasteiger partial charge in [0.1, 0.15) is 0 Å². The van der Waals surface area contributed by atoms with Crippen LogP contribution in [0.4, 0.5) is 0 Å². The third-order valence-corrected chi connectivity index (χ3v) is 11.7. The quantitative estimate of drug-likeness (QED) is 0.363. The van der Waals surface area contributed by atoms with Gasteiger partial charge in [0.15, 0.2) is 0 Å². The van der Waals surface area contributed by atoms with Crippen LogP contribution in [0.1, 0.15) is 12.8 Å². The minimum Gasteiger partial charge on any atom is -0.395 e. The summed E-state index contributed by atoms with van der Waals surface area (Å²) in [6.45, 7) is 9.40. The molecule has 0 spiro atoms. The lowest BCUT2D eigenvalue weighted by Crippen LogP contribution is -2.55. The second-order valence-electron chi connectivity index (χ2n) is 7.66. The van der Waals surface area contributed by atoms with Crippen molar-refractivity contribution >= 4 is 29.9 Å². The van der Waals surface area contributed by atoms with Crippen LogP contribution < -0.4 is 0 Å². The maximum atomic E-state index is 9.04. The first-order valence-corrected chi connectivity index (χ1v) is 15.9. The summed E-state index contributed by atoms with van der Waals surface area (Å²) in [5, 5.41) is 9.04.